The van der Waals surface area contributed by atoms with Crippen LogP contribution in [0.15, 0.2) is 60.7 Å². The Morgan fingerprint density at radius 1 is 0.875 bits per heavy atom. The van der Waals surface area contributed by atoms with Gasteiger partial charge in [-0.25, -0.2) is 8.42 Å². The van der Waals surface area contributed by atoms with Crippen molar-refractivity contribution in [1.29, 1.82) is 0 Å². The van der Waals surface area contributed by atoms with Crippen LogP contribution in [0.3, 0.4) is 0 Å². The monoisotopic (exact) mass is 562 g/mol. The van der Waals surface area contributed by atoms with Crippen LogP contribution >= 0.6 is 0 Å². The Kier molecular flexibility index (Phi) is 7.09. The average molecular weight is 563 g/mol. The fraction of sp³-hybridized carbons (Fsp3) is 0.406. The van der Waals surface area contributed by atoms with Crippen LogP contribution < -0.4 is 9.47 Å². The summed E-state index contributed by atoms with van der Waals surface area (Å²) < 4.78 is 35.5. The lowest BCUT2D eigenvalue weighted by molar-refractivity contribution is -0.138. The molecule has 2 fully saturated rings. The Morgan fingerprint density at radius 3 is 2.33 bits per heavy atom. The molecular weight excluding hydrogens is 528 g/mol. The Labute approximate surface area is 234 Å². The van der Waals surface area contributed by atoms with E-state index >= 15 is 0 Å². The summed E-state index contributed by atoms with van der Waals surface area (Å²) in [6.07, 6.45) is 4.04. The molecule has 2 aliphatic carbocycles. The fourth-order valence-electron chi connectivity index (χ4n) is 5.88. The first-order valence-electron chi connectivity index (χ1n) is 13.9. The van der Waals surface area contributed by atoms with Crippen molar-refractivity contribution in [2.75, 3.05) is 18.1 Å². The minimum absolute atomic E-state index is 0.00112. The van der Waals surface area contributed by atoms with Crippen LogP contribution in [0.5, 0.6) is 11.5 Å². The summed E-state index contributed by atoms with van der Waals surface area (Å²) in [5.41, 5.74) is 5.87. The fourth-order valence-corrected chi connectivity index (χ4v) is 7.46. The van der Waals surface area contributed by atoms with Crippen molar-refractivity contribution in [2.45, 2.75) is 56.7 Å². The number of aliphatic carboxylic acids is 1. The molecule has 6 rings (SSSR count). The number of carbonyl (C=O) groups is 1. The normalized spacial score (nSPS) is 22.3. The molecule has 3 aromatic rings. The lowest BCUT2D eigenvalue weighted by Crippen LogP contribution is -2.43. The SMILES string of the molecule is O=C(O)[C@H]1C[C@@H]1c1ccc(OCc2ccc3c(c2)-c2ccc(OCC4(O)CCS(=O)(=O)CC4)cc2CCC3)cc1. The summed E-state index contributed by atoms with van der Waals surface area (Å²) in [7, 11) is -3.05. The van der Waals surface area contributed by atoms with Gasteiger partial charge in [0, 0.05) is 0 Å². The summed E-state index contributed by atoms with van der Waals surface area (Å²) in [6, 6.07) is 20.3. The predicted molar refractivity (Wildman–Crippen MR) is 151 cm³/mol. The van der Waals surface area contributed by atoms with Gasteiger partial charge in [0.15, 0.2) is 9.84 Å². The maximum Gasteiger partial charge on any atom is 0.307 e. The highest BCUT2D eigenvalue weighted by Gasteiger charge is 2.44. The Hall–Kier alpha value is -3.36. The third kappa shape index (κ3) is 5.88. The number of rotatable bonds is 8. The van der Waals surface area contributed by atoms with E-state index in [1.165, 1.54) is 22.3 Å². The number of sulfone groups is 1. The third-order valence-corrected chi connectivity index (χ3v) is 10.2. The van der Waals surface area contributed by atoms with Crippen LogP contribution in [0.2, 0.25) is 0 Å². The molecule has 1 aliphatic heterocycles. The summed E-state index contributed by atoms with van der Waals surface area (Å²) in [4.78, 5) is 11.2. The molecule has 3 aliphatic rings. The minimum atomic E-state index is -3.05. The van der Waals surface area contributed by atoms with Gasteiger partial charge in [-0.1, -0.05) is 30.3 Å². The smallest absolute Gasteiger partial charge is 0.307 e. The molecule has 1 saturated carbocycles. The number of carboxylic acid groups (broad SMARTS) is 1. The molecule has 3 aromatic carbocycles. The van der Waals surface area contributed by atoms with Gasteiger partial charge in [-0.2, -0.15) is 0 Å². The second-order valence-corrected chi connectivity index (χ2v) is 13.8. The van der Waals surface area contributed by atoms with Crippen molar-refractivity contribution in [3.8, 4) is 22.6 Å². The first kappa shape index (κ1) is 26.8. The van der Waals surface area contributed by atoms with Crippen molar-refractivity contribution >= 4 is 15.8 Å². The molecule has 0 radical (unpaired) electrons. The third-order valence-electron chi connectivity index (χ3n) is 8.52. The highest BCUT2D eigenvalue weighted by atomic mass is 32.2. The van der Waals surface area contributed by atoms with Gasteiger partial charge in [-0.15, -0.1) is 0 Å². The molecule has 1 saturated heterocycles. The Balaban J connectivity index is 1.12. The second-order valence-electron chi connectivity index (χ2n) is 11.5. The number of aliphatic hydroxyl groups is 1. The Bertz CT molecular complexity index is 1510. The molecule has 0 amide bonds. The molecular formula is C32H34O7S. The van der Waals surface area contributed by atoms with Gasteiger partial charge in [-0.05, 0) is 108 Å². The lowest BCUT2D eigenvalue weighted by atomic mass is 9.94. The largest absolute Gasteiger partial charge is 0.491 e. The molecule has 8 heteroatoms. The maximum absolute atomic E-state index is 11.7. The molecule has 2 atom stereocenters. The number of hydrogen-bond acceptors (Lipinski definition) is 6. The average Bonchev–Trinajstić information content (AvgIpc) is 3.77. The molecule has 40 heavy (non-hydrogen) atoms. The predicted octanol–water partition coefficient (Wildman–Crippen LogP) is 4.93. The van der Waals surface area contributed by atoms with E-state index in [0.29, 0.717) is 18.8 Å². The summed E-state index contributed by atoms with van der Waals surface area (Å²) in [6.45, 7) is 0.514. The van der Waals surface area contributed by atoms with Gasteiger partial charge < -0.3 is 19.7 Å². The molecule has 7 nitrogen and oxygen atoms in total. The minimum Gasteiger partial charge on any atom is -0.491 e. The van der Waals surface area contributed by atoms with Crippen LogP contribution in [0, 0.1) is 5.92 Å². The van der Waals surface area contributed by atoms with Gasteiger partial charge in [0.05, 0.1) is 17.4 Å². The molecule has 0 unspecified atom stereocenters. The van der Waals surface area contributed by atoms with E-state index in [1.54, 1.807) is 0 Å². The number of aryl methyl sites for hydroxylation is 2. The zero-order valence-electron chi connectivity index (χ0n) is 22.3. The molecule has 0 spiro atoms. The maximum atomic E-state index is 11.7. The van der Waals surface area contributed by atoms with E-state index in [-0.39, 0.29) is 42.8 Å². The van der Waals surface area contributed by atoms with Crippen molar-refractivity contribution in [3.05, 3.63) is 82.9 Å². The standard InChI is InChI=1S/C32H34O7S/c33-31(34)30-18-29(30)23-6-8-25(9-7-23)38-19-21-4-5-22-2-1-3-24-17-26(10-11-27(24)28(22)16-21)39-20-32(35)12-14-40(36,37)15-13-32/h4-11,16-17,29-30,35H,1-3,12-15,18-20H2,(H,33,34)/t29-,30+/m1/s1. The zero-order chi connectivity index (χ0) is 27.9. The van der Waals surface area contributed by atoms with Crippen molar-refractivity contribution in [3.63, 3.8) is 0 Å². The second kappa shape index (κ2) is 10.6. The topological polar surface area (TPSA) is 110 Å². The van der Waals surface area contributed by atoms with E-state index < -0.39 is 21.4 Å². The van der Waals surface area contributed by atoms with Crippen molar-refractivity contribution in [2.24, 2.45) is 5.92 Å². The van der Waals surface area contributed by atoms with E-state index in [0.717, 1.165) is 36.1 Å². The van der Waals surface area contributed by atoms with Gasteiger partial charge >= 0.3 is 5.97 Å². The first-order chi connectivity index (χ1) is 19.2. The zero-order valence-corrected chi connectivity index (χ0v) is 23.2. The van der Waals surface area contributed by atoms with Crippen LogP contribution in [0.1, 0.15) is 53.9 Å². The van der Waals surface area contributed by atoms with Crippen molar-refractivity contribution in [1.82, 2.24) is 0 Å². The van der Waals surface area contributed by atoms with Crippen LogP contribution in [-0.2, 0) is 34.1 Å². The van der Waals surface area contributed by atoms with Gasteiger partial charge in [0.1, 0.15) is 30.3 Å². The number of fused-ring (bicyclic) bond motifs is 3. The summed E-state index contributed by atoms with van der Waals surface area (Å²) in [5.74, 6) is 0.562. The van der Waals surface area contributed by atoms with Crippen LogP contribution in [0.25, 0.3) is 11.1 Å². The molecule has 1 heterocycles. The summed E-state index contributed by atoms with van der Waals surface area (Å²) >= 11 is 0. The highest BCUT2D eigenvalue weighted by Crippen LogP contribution is 2.47. The number of benzene rings is 3. The first-order valence-corrected chi connectivity index (χ1v) is 15.8. The van der Waals surface area contributed by atoms with E-state index in [4.69, 9.17) is 14.6 Å². The van der Waals surface area contributed by atoms with Gasteiger partial charge in [0.25, 0.3) is 0 Å². The summed E-state index contributed by atoms with van der Waals surface area (Å²) in [5, 5.41) is 20.0. The van der Waals surface area contributed by atoms with Crippen LogP contribution in [-0.4, -0.2) is 48.3 Å². The highest BCUT2D eigenvalue weighted by molar-refractivity contribution is 7.91. The van der Waals surface area contributed by atoms with E-state index in [2.05, 4.69) is 24.3 Å². The lowest BCUT2D eigenvalue weighted by Gasteiger charge is -2.31. The van der Waals surface area contributed by atoms with Crippen LogP contribution in [0.4, 0.5) is 0 Å². The number of carboxylic acids is 1. The van der Waals surface area contributed by atoms with E-state index in [1.807, 2.05) is 36.4 Å². The van der Waals surface area contributed by atoms with Crippen molar-refractivity contribution < 1.29 is 32.9 Å². The van der Waals surface area contributed by atoms with Gasteiger partial charge in [-0.3, -0.25) is 4.79 Å². The molecule has 0 aromatic heterocycles. The molecule has 0 bridgehead atoms. The quantitative estimate of drug-likeness (QED) is 0.401. The van der Waals surface area contributed by atoms with E-state index in [9.17, 15) is 18.3 Å². The number of ether oxygens (including phenoxy) is 2. The Morgan fingerprint density at radius 2 is 1.60 bits per heavy atom. The van der Waals surface area contributed by atoms with Gasteiger partial charge in [0.2, 0.25) is 0 Å². The molecule has 210 valence electrons. The molecule has 2 N–H and O–H groups in total. The number of hydrogen-bond donors (Lipinski definition) is 2.